The lowest BCUT2D eigenvalue weighted by Gasteiger charge is -2.11. The average Bonchev–Trinajstić information content (AvgIpc) is 2.49. The average molecular weight is 296 g/mol. The Morgan fingerprint density at radius 1 is 1.00 bits per heavy atom. The summed E-state index contributed by atoms with van der Waals surface area (Å²) in [6.45, 7) is 1.91. The first-order valence-electron chi connectivity index (χ1n) is 7.13. The second-order valence-corrected chi connectivity index (χ2v) is 5.43. The highest BCUT2D eigenvalue weighted by Crippen LogP contribution is 2.14. The van der Waals surface area contributed by atoms with Crippen molar-refractivity contribution >= 4 is 17.5 Å². The zero-order valence-corrected chi connectivity index (χ0v) is 13.1. The Labute approximate surface area is 130 Å². The van der Waals surface area contributed by atoms with Gasteiger partial charge in [0.15, 0.2) is 0 Å². The van der Waals surface area contributed by atoms with Gasteiger partial charge in [-0.15, -0.1) is 0 Å². The van der Waals surface area contributed by atoms with E-state index in [0.29, 0.717) is 17.7 Å². The number of hydrogen-bond acceptors (Lipinski definition) is 2. The zero-order chi connectivity index (χ0) is 16.1. The van der Waals surface area contributed by atoms with Crippen molar-refractivity contribution in [2.45, 2.75) is 13.3 Å². The molecular formula is C18H20N2O2. The molecule has 0 aromatic heterocycles. The van der Waals surface area contributed by atoms with E-state index in [1.54, 1.807) is 25.1 Å². The van der Waals surface area contributed by atoms with Crippen LogP contribution in [0, 0.1) is 6.92 Å². The van der Waals surface area contributed by atoms with Crippen molar-refractivity contribution in [1.29, 1.82) is 0 Å². The van der Waals surface area contributed by atoms with Crippen LogP contribution in [0.15, 0.2) is 48.5 Å². The van der Waals surface area contributed by atoms with Gasteiger partial charge >= 0.3 is 0 Å². The molecule has 0 unspecified atom stereocenters. The van der Waals surface area contributed by atoms with Crippen LogP contribution in [-0.2, 0) is 11.2 Å². The van der Waals surface area contributed by atoms with Gasteiger partial charge in [0, 0.05) is 25.3 Å². The molecule has 4 nitrogen and oxygen atoms in total. The molecule has 2 aromatic rings. The highest BCUT2D eigenvalue weighted by molar-refractivity contribution is 6.05. The molecule has 0 bridgehead atoms. The van der Waals surface area contributed by atoms with E-state index >= 15 is 0 Å². The van der Waals surface area contributed by atoms with Gasteiger partial charge in [0.05, 0.1) is 6.42 Å². The minimum absolute atomic E-state index is 0.0525. The van der Waals surface area contributed by atoms with Crippen LogP contribution in [0.1, 0.15) is 21.5 Å². The van der Waals surface area contributed by atoms with Gasteiger partial charge in [-0.3, -0.25) is 9.59 Å². The molecule has 1 N–H and O–H groups in total. The van der Waals surface area contributed by atoms with Gasteiger partial charge < -0.3 is 10.2 Å². The van der Waals surface area contributed by atoms with Crippen LogP contribution in [0.4, 0.5) is 5.69 Å². The molecule has 0 aliphatic heterocycles. The number of anilines is 1. The summed E-state index contributed by atoms with van der Waals surface area (Å²) in [5, 5.41) is 2.87. The molecule has 2 aromatic carbocycles. The van der Waals surface area contributed by atoms with Gasteiger partial charge in [0.25, 0.3) is 5.91 Å². The van der Waals surface area contributed by atoms with Crippen LogP contribution >= 0.6 is 0 Å². The lowest BCUT2D eigenvalue weighted by molar-refractivity contribution is -0.127. The van der Waals surface area contributed by atoms with Crippen molar-refractivity contribution < 1.29 is 9.59 Å². The molecule has 2 rings (SSSR count). The van der Waals surface area contributed by atoms with E-state index < -0.39 is 0 Å². The SMILES string of the molecule is Cc1ccccc1C(=O)Nc1ccc(CC(=O)N(C)C)cc1. The fraction of sp³-hybridized carbons (Fsp3) is 0.222. The van der Waals surface area contributed by atoms with Gasteiger partial charge in [-0.05, 0) is 36.2 Å². The fourth-order valence-electron chi connectivity index (χ4n) is 2.06. The predicted molar refractivity (Wildman–Crippen MR) is 88.0 cm³/mol. The highest BCUT2D eigenvalue weighted by Gasteiger charge is 2.09. The van der Waals surface area contributed by atoms with Crippen molar-refractivity contribution in [2.75, 3.05) is 19.4 Å². The van der Waals surface area contributed by atoms with Gasteiger partial charge in [-0.2, -0.15) is 0 Å². The molecule has 0 fully saturated rings. The quantitative estimate of drug-likeness (QED) is 0.943. The second-order valence-electron chi connectivity index (χ2n) is 5.43. The third kappa shape index (κ3) is 3.95. The summed E-state index contributed by atoms with van der Waals surface area (Å²) < 4.78 is 0. The summed E-state index contributed by atoms with van der Waals surface area (Å²) in [6.07, 6.45) is 0.360. The number of carbonyl (C=O) groups is 2. The van der Waals surface area contributed by atoms with E-state index in [9.17, 15) is 9.59 Å². The molecule has 0 saturated carbocycles. The van der Waals surface area contributed by atoms with Gasteiger partial charge in [-0.1, -0.05) is 30.3 Å². The molecule has 0 heterocycles. The molecule has 0 aliphatic rings. The summed E-state index contributed by atoms with van der Waals surface area (Å²) in [5.41, 5.74) is 3.24. The minimum Gasteiger partial charge on any atom is -0.349 e. The molecule has 0 spiro atoms. The van der Waals surface area contributed by atoms with Crippen LogP contribution in [-0.4, -0.2) is 30.8 Å². The maximum absolute atomic E-state index is 12.2. The molecule has 114 valence electrons. The van der Waals surface area contributed by atoms with Crippen LogP contribution in [0.3, 0.4) is 0 Å². The van der Waals surface area contributed by atoms with Gasteiger partial charge in [-0.25, -0.2) is 0 Å². The monoisotopic (exact) mass is 296 g/mol. The Balaban J connectivity index is 2.04. The summed E-state index contributed by atoms with van der Waals surface area (Å²) >= 11 is 0. The fourth-order valence-corrected chi connectivity index (χ4v) is 2.06. The number of nitrogens with zero attached hydrogens (tertiary/aromatic N) is 1. The van der Waals surface area contributed by atoms with Crippen LogP contribution in [0.5, 0.6) is 0 Å². The van der Waals surface area contributed by atoms with Crippen molar-refractivity contribution in [1.82, 2.24) is 4.90 Å². The van der Waals surface area contributed by atoms with Crippen molar-refractivity contribution in [3.8, 4) is 0 Å². The summed E-state index contributed by atoms with van der Waals surface area (Å²) in [5.74, 6) is -0.0769. The number of likely N-dealkylation sites (N-methyl/N-ethyl adjacent to an activating group) is 1. The number of nitrogens with one attached hydrogen (secondary N) is 1. The normalized spacial score (nSPS) is 10.1. The Hall–Kier alpha value is -2.62. The lowest BCUT2D eigenvalue weighted by atomic mass is 10.1. The summed E-state index contributed by atoms with van der Waals surface area (Å²) in [4.78, 5) is 25.4. The number of aryl methyl sites for hydroxylation is 1. The Bertz CT molecular complexity index is 676. The first kappa shape index (κ1) is 15.8. The number of rotatable bonds is 4. The Morgan fingerprint density at radius 2 is 1.64 bits per heavy atom. The van der Waals surface area contributed by atoms with Crippen LogP contribution < -0.4 is 5.32 Å². The highest BCUT2D eigenvalue weighted by atomic mass is 16.2. The van der Waals surface area contributed by atoms with Crippen LogP contribution in [0.25, 0.3) is 0 Å². The summed E-state index contributed by atoms with van der Waals surface area (Å²) in [7, 11) is 3.47. The number of carbonyl (C=O) groups excluding carboxylic acids is 2. The van der Waals surface area contributed by atoms with Crippen LogP contribution in [0.2, 0.25) is 0 Å². The smallest absolute Gasteiger partial charge is 0.255 e. The summed E-state index contributed by atoms with van der Waals surface area (Å²) in [6, 6.07) is 14.8. The number of benzene rings is 2. The van der Waals surface area contributed by atoms with Crippen molar-refractivity contribution in [2.24, 2.45) is 0 Å². The van der Waals surface area contributed by atoms with E-state index in [1.807, 2.05) is 49.4 Å². The molecule has 4 heteroatoms. The van der Waals surface area contributed by atoms with E-state index in [0.717, 1.165) is 11.1 Å². The predicted octanol–water partition coefficient (Wildman–Crippen LogP) is 2.88. The number of amides is 2. The molecule has 0 radical (unpaired) electrons. The first-order chi connectivity index (χ1) is 10.5. The molecule has 0 atom stereocenters. The zero-order valence-electron chi connectivity index (χ0n) is 13.1. The second kappa shape index (κ2) is 6.89. The standard InChI is InChI=1S/C18H20N2O2/c1-13-6-4-5-7-16(13)18(22)19-15-10-8-14(9-11-15)12-17(21)20(2)3/h4-11H,12H2,1-3H3,(H,19,22). The third-order valence-electron chi connectivity index (χ3n) is 3.46. The van der Waals surface area contributed by atoms with E-state index in [-0.39, 0.29) is 11.8 Å². The maximum Gasteiger partial charge on any atom is 0.255 e. The maximum atomic E-state index is 12.2. The van der Waals surface area contributed by atoms with Gasteiger partial charge in [0.2, 0.25) is 5.91 Å². The van der Waals surface area contributed by atoms with Crippen molar-refractivity contribution in [3.05, 3.63) is 65.2 Å². The third-order valence-corrected chi connectivity index (χ3v) is 3.46. The molecule has 0 saturated heterocycles. The van der Waals surface area contributed by atoms with Gasteiger partial charge in [0.1, 0.15) is 0 Å². The van der Waals surface area contributed by atoms with E-state index in [2.05, 4.69) is 5.32 Å². The molecule has 0 aliphatic carbocycles. The Morgan fingerprint density at radius 3 is 2.23 bits per heavy atom. The lowest BCUT2D eigenvalue weighted by Crippen LogP contribution is -2.23. The molecule has 2 amide bonds. The van der Waals surface area contributed by atoms with E-state index in [4.69, 9.17) is 0 Å². The number of hydrogen-bond donors (Lipinski definition) is 1. The topological polar surface area (TPSA) is 49.4 Å². The molecular weight excluding hydrogens is 276 g/mol. The molecule has 22 heavy (non-hydrogen) atoms. The largest absolute Gasteiger partial charge is 0.349 e. The minimum atomic E-state index is -0.129. The Kier molecular flexibility index (Phi) is 4.94. The van der Waals surface area contributed by atoms with Crippen molar-refractivity contribution in [3.63, 3.8) is 0 Å². The van der Waals surface area contributed by atoms with E-state index in [1.165, 1.54) is 0 Å². The first-order valence-corrected chi connectivity index (χ1v) is 7.13.